The normalized spacial score (nSPS) is 10.7. The molecule has 2 nitrogen and oxygen atoms in total. The predicted molar refractivity (Wildman–Crippen MR) is 55.0 cm³/mol. The van der Waals surface area contributed by atoms with Crippen molar-refractivity contribution in [3.05, 3.63) is 34.3 Å². The van der Waals surface area contributed by atoms with Gasteiger partial charge in [0.1, 0.15) is 0 Å². The van der Waals surface area contributed by atoms with Gasteiger partial charge >= 0.3 is 0 Å². The molecule has 2 N–H and O–H groups in total. The van der Waals surface area contributed by atoms with Crippen molar-refractivity contribution in [2.45, 2.75) is 6.17 Å². The van der Waals surface area contributed by atoms with Crippen molar-refractivity contribution >= 4 is 15.9 Å². The Bertz CT molecular complexity index is 229. The summed E-state index contributed by atoms with van der Waals surface area (Å²) >= 11 is 3.40. The van der Waals surface area contributed by atoms with Gasteiger partial charge in [0.05, 0.1) is 6.17 Å². The van der Waals surface area contributed by atoms with Gasteiger partial charge in [0, 0.05) is 4.47 Å². The van der Waals surface area contributed by atoms with Crippen LogP contribution < -0.4 is 10.6 Å². The second kappa shape index (κ2) is 4.60. The molecule has 1 rings (SSSR count). The number of nitrogens with one attached hydrogen (secondary N) is 2. The summed E-state index contributed by atoms with van der Waals surface area (Å²) in [5.41, 5.74) is 1.24. The summed E-state index contributed by atoms with van der Waals surface area (Å²) < 4.78 is 1.11. The lowest BCUT2D eigenvalue weighted by atomic mass is 10.2. The zero-order chi connectivity index (χ0) is 8.97. The Hall–Kier alpha value is -0.380. The van der Waals surface area contributed by atoms with Crippen LogP contribution in [-0.4, -0.2) is 14.1 Å². The molecule has 0 spiro atoms. The standard InChI is InChI=1S/C9H13BrN2/c1-11-9(12-2)7-3-5-8(10)6-4-7/h3-6,9,11-12H,1-2H3. The molecule has 12 heavy (non-hydrogen) atoms. The van der Waals surface area contributed by atoms with E-state index in [0.29, 0.717) is 0 Å². The molecule has 0 saturated heterocycles. The van der Waals surface area contributed by atoms with E-state index in [2.05, 4.69) is 38.7 Å². The Labute approximate surface area is 81.5 Å². The highest BCUT2D eigenvalue weighted by molar-refractivity contribution is 9.10. The molecule has 0 unspecified atom stereocenters. The average Bonchev–Trinajstić information content (AvgIpc) is 2.10. The van der Waals surface area contributed by atoms with Crippen LogP contribution >= 0.6 is 15.9 Å². The van der Waals surface area contributed by atoms with E-state index < -0.39 is 0 Å². The molecule has 0 atom stereocenters. The second-order valence-corrected chi connectivity index (χ2v) is 3.48. The largest absolute Gasteiger partial charge is 0.301 e. The van der Waals surface area contributed by atoms with Gasteiger partial charge in [-0.3, -0.25) is 0 Å². The minimum Gasteiger partial charge on any atom is -0.301 e. The zero-order valence-electron chi connectivity index (χ0n) is 7.26. The molecule has 0 fully saturated rings. The van der Waals surface area contributed by atoms with Gasteiger partial charge < -0.3 is 10.6 Å². The molecule has 0 aliphatic heterocycles. The van der Waals surface area contributed by atoms with Crippen LogP contribution in [0.15, 0.2) is 28.7 Å². The molecule has 0 radical (unpaired) electrons. The van der Waals surface area contributed by atoms with Crippen LogP contribution in [-0.2, 0) is 0 Å². The maximum Gasteiger partial charge on any atom is 0.0830 e. The fourth-order valence-electron chi connectivity index (χ4n) is 1.13. The third-order valence-corrected chi connectivity index (χ3v) is 2.31. The molecule has 0 heterocycles. The fraction of sp³-hybridized carbons (Fsp3) is 0.333. The lowest BCUT2D eigenvalue weighted by Crippen LogP contribution is -2.28. The SMILES string of the molecule is CNC(NC)c1ccc(Br)cc1. The van der Waals surface area contributed by atoms with E-state index in [0.717, 1.165) is 4.47 Å². The van der Waals surface area contributed by atoms with Crippen molar-refractivity contribution < 1.29 is 0 Å². The molecule has 0 aliphatic carbocycles. The molecular weight excluding hydrogens is 216 g/mol. The molecule has 1 aromatic carbocycles. The van der Waals surface area contributed by atoms with E-state index >= 15 is 0 Å². The van der Waals surface area contributed by atoms with Crippen LogP contribution in [0.4, 0.5) is 0 Å². The molecule has 0 amide bonds. The van der Waals surface area contributed by atoms with E-state index in [1.54, 1.807) is 0 Å². The molecular formula is C9H13BrN2. The third-order valence-electron chi connectivity index (χ3n) is 1.78. The van der Waals surface area contributed by atoms with Gasteiger partial charge in [0.2, 0.25) is 0 Å². The molecule has 1 aromatic rings. The Kier molecular flexibility index (Phi) is 3.72. The van der Waals surface area contributed by atoms with Crippen molar-refractivity contribution in [3.8, 4) is 0 Å². The maximum atomic E-state index is 3.40. The Morgan fingerprint density at radius 3 is 2.00 bits per heavy atom. The van der Waals surface area contributed by atoms with E-state index in [4.69, 9.17) is 0 Å². The summed E-state index contributed by atoms with van der Waals surface area (Å²) in [6, 6.07) is 8.25. The second-order valence-electron chi connectivity index (χ2n) is 2.56. The van der Waals surface area contributed by atoms with Crippen LogP contribution in [0.1, 0.15) is 11.7 Å². The van der Waals surface area contributed by atoms with Gasteiger partial charge in [0.25, 0.3) is 0 Å². The maximum absolute atomic E-state index is 3.40. The van der Waals surface area contributed by atoms with Crippen LogP contribution in [0.25, 0.3) is 0 Å². The summed E-state index contributed by atoms with van der Waals surface area (Å²) in [4.78, 5) is 0. The van der Waals surface area contributed by atoms with Crippen LogP contribution in [0.3, 0.4) is 0 Å². The summed E-state index contributed by atoms with van der Waals surface area (Å²) in [5, 5.41) is 6.32. The van der Waals surface area contributed by atoms with E-state index in [9.17, 15) is 0 Å². The van der Waals surface area contributed by atoms with Gasteiger partial charge in [-0.1, -0.05) is 28.1 Å². The van der Waals surface area contributed by atoms with Gasteiger partial charge in [-0.15, -0.1) is 0 Å². The Morgan fingerprint density at radius 2 is 1.58 bits per heavy atom. The van der Waals surface area contributed by atoms with Crippen molar-refractivity contribution in [2.75, 3.05) is 14.1 Å². The lowest BCUT2D eigenvalue weighted by Gasteiger charge is -2.15. The predicted octanol–water partition coefficient (Wildman–Crippen LogP) is 1.89. The van der Waals surface area contributed by atoms with Gasteiger partial charge in [-0.2, -0.15) is 0 Å². The summed E-state index contributed by atoms with van der Waals surface area (Å²) in [5.74, 6) is 0. The van der Waals surface area contributed by atoms with Crippen LogP contribution in [0, 0.1) is 0 Å². The zero-order valence-corrected chi connectivity index (χ0v) is 8.85. The monoisotopic (exact) mass is 228 g/mol. The highest BCUT2D eigenvalue weighted by Gasteiger charge is 2.03. The first kappa shape index (κ1) is 9.71. The minimum atomic E-state index is 0.234. The summed E-state index contributed by atoms with van der Waals surface area (Å²) in [7, 11) is 3.87. The third kappa shape index (κ3) is 2.30. The topological polar surface area (TPSA) is 24.1 Å². The fourth-order valence-corrected chi connectivity index (χ4v) is 1.40. The van der Waals surface area contributed by atoms with Gasteiger partial charge in [-0.05, 0) is 31.8 Å². The number of benzene rings is 1. The number of hydrogen-bond acceptors (Lipinski definition) is 2. The van der Waals surface area contributed by atoms with Crippen molar-refractivity contribution in [1.82, 2.24) is 10.6 Å². The Balaban J connectivity index is 2.80. The number of halogens is 1. The molecule has 0 saturated carbocycles. The van der Waals surface area contributed by atoms with E-state index in [-0.39, 0.29) is 6.17 Å². The van der Waals surface area contributed by atoms with E-state index in [1.807, 2.05) is 26.2 Å². The molecule has 0 aliphatic rings. The first-order chi connectivity index (χ1) is 5.77. The van der Waals surface area contributed by atoms with Crippen molar-refractivity contribution in [3.63, 3.8) is 0 Å². The number of rotatable bonds is 3. The Morgan fingerprint density at radius 1 is 1.08 bits per heavy atom. The minimum absolute atomic E-state index is 0.234. The number of hydrogen-bond donors (Lipinski definition) is 2. The van der Waals surface area contributed by atoms with Gasteiger partial charge in [0.15, 0.2) is 0 Å². The molecule has 0 bridgehead atoms. The van der Waals surface area contributed by atoms with Crippen molar-refractivity contribution in [2.24, 2.45) is 0 Å². The van der Waals surface area contributed by atoms with Crippen LogP contribution in [0.2, 0.25) is 0 Å². The van der Waals surface area contributed by atoms with Gasteiger partial charge in [-0.25, -0.2) is 0 Å². The quantitative estimate of drug-likeness (QED) is 0.773. The molecule has 66 valence electrons. The van der Waals surface area contributed by atoms with Crippen LogP contribution in [0.5, 0.6) is 0 Å². The smallest absolute Gasteiger partial charge is 0.0830 e. The van der Waals surface area contributed by atoms with Crippen molar-refractivity contribution in [1.29, 1.82) is 0 Å². The molecule has 0 aromatic heterocycles. The first-order valence-electron chi connectivity index (χ1n) is 3.88. The van der Waals surface area contributed by atoms with E-state index in [1.165, 1.54) is 5.56 Å². The highest BCUT2D eigenvalue weighted by atomic mass is 79.9. The lowest BCUT2D eigenvalue weighted by molar-refractivity contribution is 0.520. The average molecular weight is 229 g/mol. The summed E-state index contributed by atoms with van der Waals surface area (Å²) in [6.45, 7) is 0. The summed E-state index contributed by atoms with van der Waals surface area (Å²) in [6.07, 6.45) is 0.234. The molecule has 3 heteroatoms. The first-order valence-corrected chi connectivity index (χ1v) is 4.67. The highest BCUT2D eigenvalue weighted by Crippen LogP contribution is 2.14.